The van der Waals surface area contributed by atoms with E-state index < -0.39 is 7.82 Å². The number of unbranched alkanes of at least 4 members (excludes halogenated alkanes) is 15. The maximum Gasteiger partial charge on any atom is 0.268 e. The van der Waals surface area contributed by atoms with Crippen LogP contribution < -0.4 is 10.2 Å². The minimum absolute atomic E-state index is 0.0254. The maximum atomic E-state index is 11.7. The summed E-state index contributed by atoms with van der Waals surface area (Å²) >= 11 is 0. The highest BCUT2D eigenvalue weighted by Crippen LogP contribution is 2.38. The van der Waals surface area contributed by atoms with Gasteiger partial charge in [-0.15, -0.1) is 0 Å². The Bertz CT molecular complexity index is 795. The second-order valence-electron chi connectivity index (χ2n) is 11.8. The summed E-state index contributed by atoms with van der Waals surface area (Å²) in [7, 11) is 3.48. The van der Waals surface area contributed by atoms with Crippen molar-refractivity contribution >= 4 is 13.7 Å². The van der Waals surface area contributed by atoms with Gasteiger partial charge in [0.1, 0.15) is 13.2 Å². The van der Waals surface area contributed by atoms with Gasteiger partial charge in [0.25, 0.3) is 13.7 Å². The average molecular weight is 569 g/mol. The quantitative estimate of drug-likeness (QED) is 0.0777. The molecule has 226 valence electrons. The number of phosphoric acid groups is 1. The first-order valence-corrected chi connectivity index (χ1v) is 16.8. The van der Waals surface area contributed by atoms with Crippen molar-refractivity contribution in [2.75, 3.05) is 47.9 Å². The number of nitrogens with zero attached hydrogens (tertiary/aromatic N) is 1. The zero-order valence-electron chi connectivity index (χ0n) is 25.4. The fourth-order valence-corrected chi connectivity index (χ4v) is 5.25. The second-order valence-corrected chi connectivity index (χ2v) is 13.2. The fourth-order valence-electron chi connectivity index (χ4n) is 4.51. The molecule has 1 rings (SSSR count). The summed E-state index contributed by atoms with van der Waals surface area (Å²) in [6, 6.07) is 7.98. The van der Waals surface area contributed by atoms with Crippen LogP contribution in [0.2, 0.25) is 0 Å². The van der Waals surface area contributed by atoms with Crippen molar-refractivity contribution in [1.29, 1.82) is 0 Å². The number of likely N-dealkylation sites (N-methyl/N-ethyl adjacent to an activating group) is 1. The topological polar surface area (TPSA) is 87.7 Å². The molecule has 39 heavy (non-hydrogen) atoms. The molecule has 1 atom stereocenters. The van der Waals surface area contributed by atoms with E-state index in [2.05, 4.69) is 17.4 Å². The molecule has 0 fully saturated rings. The third-order valence-corrected chi connectivity index (χ3v) is 8.06. The van der Waals surface area contributed by atoms with Crippen molar-refractivity contribution in [3.8, 4) is 0 Å². The van der Waals surface area contributed by atoms with Gasteiger partial charge in [0.05, 0.1) is 27.7 Å². The molecule has 8 heteroatoms. The highest BCUT2D eigenvalue weighted by atomic mass is 31.2. The van der Waals surface area contributed by atoms with E-state index in [4.69, 9.17) is 9.05 Å². The summed E-state index contributed by atoms with van der Waals surface area (Å²) in [6.07, 6.45) is 21.1. The Hall–Kier alpha value is -1.24. The van der Waals surface area contributed by atoms with Crippen LogP contribution in [0.25, 0.3) is 0 Å². The van der Waals surface area contributed by atoms with Crippen LogP contribution in [0, 0.1) is 0 Å². The van der Waals surface area contributed by atoms with E-state index in [1.807, 2.05) is 33.3 Å². The fraction of sp³-hybridized carbons (Fsp3) is 0.774. The molecule has 0 aliphatic heterocycles. The molecule has 0 saturated carbocycles. The third-order valence-electron chi connectivity index (χ3n) is 7.06. The molecule has 0 spiro atoms. The largest absolute Gasteiger partial charge is 0.756 e. The zero-order chi connectivity index (χ0) is 28.8. The van der Waals surface area contributed by atoms with E-state index in [9.17, 15) is 14.3 Å². The van der Waals surface area contributed by atoms with E-state index in [0.29, 0.717) is 11.0 Å². The van der Waals surface area contributed by atoms with Crippen molar-refractivity contribution in [3.63, 3.8) is 0 Å². The predicted octanol–water partition coefficient (Wildman–Crippen LogP) is 7.04. The summed E-state index contributed by atoms with van der Waals surface area (Å²) in [5.74, 6) is -0.0254. The molecule has 0 bridgehead atoms. The van der Waals surface area contributed by atoms with Crippen LogP contribution in [0.1, 0.15) is 119 Å². The monoisotopic (exact) mass is 568 g/mol. The van der Waals surface area contributed by atoms with E-state index in [-0.39, 0.29) is 19.1 Å². The standard InChI is InChI=1S/C31H57N2O5P/c1-32-31(34)30-24-22-29(23-25-30)21-19-17-15-13-11-9-7-5-6-8-10-12-14-16-18-20-27-37-39(35,36)38-28-26-33(2,3)4/h22-25H,5-21,26-28H2,1-4H3,(H-,32,34,35,36). The van der Waals surface area contributed by atoms with Crippen LogP contribution in [0.5, 0.6) is 0 Å². The minimum atomic E-state index is -4.15. The van der Waals surface area contributed by atoms with E-state index in [0.717, 1.165) is 31.2 Å². The van der Waals surface area contributed by atoms with Gasteiger partial charge in [-0.25, -0.2) is 0 Å². The Morgan fingerprint density at radius 2 is 1.13 bits per heavy atom. The molecule has 0 saturated heterocycles. The number of quaternary nitrogens is 1. The van der Waals surface area contributed by atoms with Gasteiger partial charge in [-0.1, -0.05) is 102 Å². The van der Waals surface area contributed by atoms with Gasteiger partial charge in [0, 0.05) is 12.6 Å². The smallest absolute Gasteiger partial charge is 0.268 e. The first-order chi connectivity index (χ1) is 18.6. The number of carbonyl (C=O) groups is 1. The second kappa shape index (κ2) is 21.5. The number of phosphoric ester groups is 1. The summed E-state index contributed by atoms with van der Waals surface area (Å²) in [4.78, 5) is 23.3. The van der Waals surface area contributed by atoms with Gasteiger partial charge in [0.2, 0.25) is 0 Å². The predicted molar refractivity (Wildman–Crippen MR) is 160 cm³/mol. The van der Waals surface area contributed by atoms with Crippen LogP contribution in [0.15, 0.2) is 24.3 Å². The number of hydrogen-bond acceptors (Lipinski definition) is 5. The van der Waals surface area contributed by atoms with Gasteiger partial charge in [-0.3, -0.25) is 9.36 Å². The molecule has 1 aromatic carbocycles. The number of rotatable bonds is 25. The van der Waals surface area contributed by atoms with Gasteiger partial charge < -0.3 is 23.7 Å². The van der Waals surface area contributed by atoms with Crippen molar-refractivity contribution < 1.29 is 27.8 Å². The van der Waals surface area contributed by atoms with Gasteiger partial charge in [0.15, 0.2) is 0 Å². The third kappa shape index (κ3) is 21.2. The molecule has 1 amide bonds. The van der Waals surface area contributed by atoms with Crippen molar-refractivity contribution in [2.45, 2.75) is 109 Å². The SMILES string of the molecule is CNC(=O)c1ccc(CCCCCCCCCCCCCCCCCCOP(=O)([O-])OCC[N+](C)(C)C)cc1. The number of amides is 1. The Morgan fingerprint density at radius 3 is 1.56 bits per heavy atom. The van der Waals surface area contributed by atoms with Crippen LogP contribution in [0.4, 0.5) is 0 Å². The first kappa shape index (κ1) is 35.8. The van der Waals surface area contributed by atoms with Crippen LogP contribution in [-0.4, -0.2) is 58.3 Å². The first-order valence-electron chi connectivity index (χ1n) is 15.3. The molecule has 0 aliphatic carbocycles. The Balaban J connectivity index is 1.80. The normalized spacial score (nSPS) is 13.4. The van der Waals surface area contributed by atoms with Gasteiger partial charge in [-0.05, 0) is 37.0 Å². The number of benzene rings is 1. The maximum absolute atomic E-state index is 11.7. The van der Waals surface area contributed by atoms with Crippen LogP contribution in [-0.2, 0) is 20.0 Å². The summed E-state index contributed by atoms with van der Waals surface area (Å²) in [5.41, 5.74) is 2.04. The molecule has 0 heterocycles. The lowest BCUT2D eigenvalue weighted by molar-refractivity contribution is -0.870. The number of hydrogen-bond donors (Lipinski definition) is 1. The molecule has 0 radical (unpaired) electrons. The lowest BCUT2D eigenvalue weighted by Crippen LogP contribution is -2.37. The van der Waals surface area contributed by atoms with Crippen molar-refractivity contribution in [3.05, 3.63) is 35.4 Å². The summed E-state index contributed by atoms with van der Waals surface area (Å²) in [5, 5.41) is 2.66. The molecule has 1 unspecified atom stereocenters. The molecular formula is C31H57N2O5P. The molecule has 0 aromatic heterocycles. The van der Waals surface area contributed by atoms with E-state index in [1.165, 1.54) is 89.0 Å². The van der Waals surface area contributed by atoms with Crippen LogP contribution in [0.3, 0.4) is 0 Å². The molecule has 1 aromatic rings. The zero-order valence-corrected chi connectivity index (χ0v) is 26.3. The molecule has 0 aliphatic rings. The highest BCUT2D eigenvalue weighted by molar-refractivity contribution is 7.45. The lowest BCUT2D eigenvalue weighted by Gasteiger charge is -2.27. The number of carbonyl (C=O) groups excluding carboxylic acids is 1. The van der Waals surface area contributed by atoms with Crippen molar-refractivity contribution in [1.82, 2.24) is 5.32 Å². The highest BCUT2D eigenvalue weighted by Gasteiger charge is 2.13. The Labute approximate surface area is 239 Å². The van der Waals surface area contributed by atoms with Gasteiger partial charge in [-0.2, -0.15) is 0 Å². The minimum Gasteiger partial charge on any atom is -0.756 e. The summed E-state index contributed by atoms with van der Waals surface area (Å²) < 4.78 is 22.3. The van der Waals surface area contributed by atoms with E-state index in [1.54, 1.807) is 7.05 Å². The van der Waals surface area contributed by atoms with Gasteiger partial charge >= 0.3 is 0 Å². The Morgan fingerprint density at radius 1 is 0.718 bits per heavy atom. The lowest BCUT2D eigenvalue weighted by atomic mass is 10.0. The molecule has 1 N–H and O–H groups in total. The van der Waals surface area contributed by atoms with E-state index >= 15 is 0 Å². The van der Waals surface area contributed by atoms with Crippen LogP contribution >= 0.6 is 7.82 Å². The number of nitrogens with one attached hydrogen (secondary N) is 1. The summed E-state index contributed by atoms with van der Waals surface area (Å²) in [6.45, 7) is 1.00. The molecule has 7 nitrogen and oxygen atoms in total. The Kier molecular flexibility index (Phi) is 19.7. The molecular weight excluding hydrogens is 511 g/mol. The number of aryl methyl sites for hydroxylation is 1. The average Bonchev–Trinajstić information content (AvgIpc) is 2.89. The van der Waals surface area contributed by atoms with Crippen molar-refractivity contribution in [2.24, 2.45) is 0 Å².